The molecular formula is C42H58N2O8S. The molecule has 1 aromatic carbocycles. The zero-order valence-electron chi connectivity index (χ0n) is 32.0. The van der Waals surface area contributed by atoms with Crippen molar-refractivity contribution in [3.8, 4) is 0 Å². The number of aliphatic hydroxyl groups excluding tert-OH is 1. The van der Waals surface area contributed by atoms with Crippen LogP contribution in [-0.2, 0) is 34.9 Å². The first-order chi connectivity index (χ1) is 25.4. The SMILES string of the molecule is CC[C@H]1O[C@]2(CC[C@@H]1C)C[C@@H]1C[C@@H](C/C=C(\C)[C@H](OCCc3ccc(NC(=S)NC)cc3)[C@@H](C)/C=C/C=C3\CO[C@@H]4[C@H](O)C(C)=C[C@@H](C(=O)O1)[C@]34O)O2. The third-order valence-electron chi connectivity index (χ3n) is 11.9. The van der Waals surface area contributed by atoms with Crippen molar-refractivity contribution in [3.05, 3.63) is 76.9 Å². The molecule has 0 amide bonds. The number of esters is 1. The standard InChI is InChI=1S/C42H58N2O8S/c1-7-35-25(2)17-19-41(52-35)23-33-22-32(51-41)16-11-27(4)37(48-20-18-29-12-14-31(15-13-29)44-40(53)43-6)26(3)9-8-10-30-24-49-38-36(45)28(5)21-34(39(46)50-33)42(30,38)47/h8-15,21,25-26,32-38,45,47H,7,16-20,22-24H2,1-6H3,(H2,43,44,53)/b9-8+,27-11+,30-10+/t25-,26-,32+,33-,34-,35+,36+,37+,38+,41+,42+/m0/s1. The van der Waals surface area contributed by atoms with E-state index in [9.17, 15) is 15.0 Å². The molecular weight excluding hydrogens is 693 g/mol. The zero-order chi connectivity index (χ0) is 37.9. The van der Waals surface area contributed by atoms with Crippen LogP contribution >= 0.6 is 12.2 Å². The molecule has 0 aromatic heterocycles. The van der Waals surface area contributed by atoms with Gasteiger partial charge in [0.2, 0.25) is 0 Å². The van der Waals surface area contributed by atoms with Crippen molar-refractivity contribution in [3.63, 3.8) is 0 Å². The van der Waals surface area contributed by atoms with Crippen molar-refractivity contribution in [2.75, 3.05) is 25.6 Å². The van der Waals surface area contributed by atoms with Crippen LogP contribution in [0.5, 0.6) is 0 Å². The molecule has 0 radical (unpaired) electrons. The molecule has 6 rings (SSSR count). The Balaban J connectivity index is 1.29. The summed E-state index contributed by atoms with van der Waals surface area (Å²) in [5.74, 6) is -2.06. The molecule has 4 heterocycles. The van der Waals surface area contributed by atoms with Crippen molar-refractivity contribution in [2.45, 2.75) is 128 Å². The fourth-order valence-electron chi connectivity index (χ4n) is 8.70. The van der Waals surface area contributed by atoms with Gasteiger partial charge in [-0.1, -0.05) is 63.3 Å². The van der Waals surface area contributed by atoms with Crippen molar-refractivity contribution in [1.29, 1.82) is 0 Å². The molecule has 4 N–H and O–H groups in total. The van der Waals surface area contributed by atoms with Gasteiger partial charge in [0.05, 0.1) is 31.5 Å². The van der Waals surface area contributed by atoms with Gasteiger partial charge in [-0.15, -0.1) is 0 Å². The maximum atomic E-state index is 14.2. The van der Waals surface area contributed by atoms with E-state index in [0.717, 1.165) is 36.1 Å². The Hall–Kier alpha value is -2.90. The van der Waals surface area contributed by atoms with Gasteiger partial charge in [0.15, 0.2) is 10.9 Å². The van der Waals surface area contributed by atoms with Crippen LogP contribution < -0.4 is 10.6 Å². The number of ether oxygens (including phenoxy) is 5. The Morgan fingerprint density at radius 2 is 1.89 bits per heavy atom. The van der Waals surface area contributed by atoms with Gasteiger partial charge < -0.3 is 44.5 Å². The lowest BCUT2D eigenvalue weighted by Gasteiger charge is -2.50. The summed E-state index contributed by atoms with van der Waals surface area (Å²) in [4.78, 5) is 14.2. The largest absolute Gasteiger partial charge is 0.462 e. The van der Waals surface area contributed by atoms with Crippen molar-refractivity contribution < 1.29 is 38.7 Å². The molecule has 290 valence electrons. The number of rotatable bonds is 6. The van der Waals surface area contributed by atoms with Crippen molar-refractivity contribution in [1.82, 2.24) is 5.32 Å². The fourth-order valence-corrected chi connectivity index (χ4v) is 8.82. The Labute approximate surface area is 320 Å². The molecule has 0 saturated carbocycles. The molecule has 4 aliphatic heterocycles. The molecule has 1 spiro atoms. The zero-order valence-corrected chi connectivity index (χ0v) is 32.8. The Morgan fingerprint density at radius 1 is 1.11 bits per heavy atom. The molecule has 11 atom stereocenters. The lowest BCUT2D eigenvalue weighted by atomic mass is 9.71. The molecule has 10 nitrogen and oxygen atoms in total. The average molecular weight is 751 g/mol. The quantitative estimate of drug-likeness (QED) is 0.154. The summed E-state index contributed by atoms with van der Waals surface area (Å²) in [6.45, 7) is 10.9. The number of hydrogen-bond donors (Lipinski definition) is 4. The Morgan fingerprint density at radius 3 is 2.62 bits per heavy atom. The number of fused-ring (bicyclic) bond motifs is 2. The van der Waals surface area contributed by atoms with Gasteiger partial charge in [-0.3, -0.25) is 4.79 Å². The highest BCUT2D eigenvalue weighted by Crippen LogP contribution is 2.47. The maximum absolute atomic E-state index is 14.2. The molecule has 53 heavy (non-hydrogen) atoms. The first-order valence-corrected chi connectivity index (χ1v) is 19.8. The third-order valence-corrected chi connectivity index (χ3v) is 12.2. The topological polar surface area (TPSA) is 128 Å². The summed E-state index contributed by atoms with van der Waals surface area (Å²) in [6.07, 6.45) is 11.5. The van der Waals surface area contributed by atoms with Crippen molar-refractivity contribution in [2.24, 2.45) is 17.8 Å². The van der Waals surface area contributed by atoms with E-state index in [1.807, 2.05) is 24.3 Å². The van der Waals surface area contributed by atoms with E-state index in [2.05, 4.69) is 62.6 Å². The second-order valence-corrected chi connectivity index (χ2v) is 16.1. The Bertz CT molecular complexity index is 1610. The minimum Gasteiger partial charge on any atom is -0.462 e. The van der Waals surface area contributed by atoms with E-state index in [0.29, 0.717) is 54.5 Å². The summed E-state index contributed by atoms with van der Waals surface area (Å²) in [7, 11) is 1.79. The summed E-state index contributed by atoms with van der Waals surface area (Å²) < 4.78 is 32.6. The van der Waals surface area contributed by atoms with E-state index in [-0.39, 0.29) is 30.8 Å². The molecule has 3 fully saturated rings. The minimum atomic E-state index is -1.76. The number of hydrogen-bond acceptors (Lipinski definition) is 9. The number of anilines is 1. The van der Waals surface area contributed by atoms with Gasteiger partial charge in [0.25, 0.3) is 0 Å². The van der Waals surface area contributed by atoms with Gasteiger partial charge >= 0.3 is 5.97 Å². The summed E-state index contributed by atoms with van der Waals surface area (Å²) in [5.41, 5.74) is 2.50. The predicted octanol–water partition coefficient (Wildman–Crippen LogP) is 6.08. The van der Waals surface area contributed by atoms with Crippen LogP contribution in [-0.4, -0.2) is 89.6 Å². The first kappa shape index (κ1) is 39.8. The second-order valence-electron chi connectivity index (χ2n) is 15.7. The van der Waals surface area contributed by atoms with Crippen LogP contribution in [0.4, 0.5) is 5.69 Å². The van der Waals surface area contributed by atoms with Crippen LogP contribution in [0.3, 0.4) is 0 Å². The van der Waals surface area contributed by atoms with E-state index in [1.54, 1.807) is 20.0 Å². The van der Waals surface area contributed by atoms with E-state index in [1.165, 1.54) is 0 Å². The number of benzene rings is 1. The number of carbonyl (C=O) groups excluding carboxylic acids is 1. The maximum Gasteiger partial charge on any atom is 0.316 e. The molecule has 5 aliphatic rings. The van der Waals surface area contributed by atoms with Crippen LogP contribution in [0.1, 0.15) is 78.7 Å². The van der Waals surface area contributed by atoms with E-state index < -0.39 is 41.6 Å². The molecule has 0 unspecified atom stereocenters. The molecule has 1 aromatic rings. The second kappa shape index (κ2) is 16.9. The number of nitrogens with one attached hydrogen (secondary N) is 2. The van der Waals surface area contributed by atoms with Crippen LogP contribution in [0.15, 0.2) is 71.4 Å². The predicted molar refractivity (Wildman–Crippen MR) is 208 cm³/mol. The smallest absolute Gasteiger partial charge is 0.316 e. The van der Waals surface area contributed by atoms with Crippen LogP contribution in [0, 0.1) is 17.8 Å². The summed E-state index contributed by atoms with van der Waals surface area (Å²) >= 11 is 5.22. The van der Waals surface area contributed by atoms with Crippen LogP contribution in [0.2, 0.25) is 0 Å². The number of allylic oxidation sites excluding steroid dienone is 2. The summed E-state index contributed by atoms with van der Waals surface area (Å²) in [5, 5.41) is 30.1. The van der Waals surface area contributed by atoms with Gasteiger partial charge in [0.1, 0.15) is 29.8 Å². The van der Waals surface area contributed by atoms with E-state index >= 15 is 0 Å². The highest BCUT2D eigenvalue weighted by Gasteiger charge is 2.60. The van der Waals surface area contributed by atoms with E-state index in [4.69, 9.17) is 35.9 Å². The monoisotopic (exact) mass is 750 g/mol. The molecule has 3 saturated heterocycles. The van der Waals surface area contributed by atoms with Gasteiger partial charge in [0, 0.05) is 37.9 Å². The van der Waals surface area contributed by atoms with Crippen LogP contribution in [0.25, 0.3) is 0 Å². The first-order valence-electron chi connectivity index (χ1n) is 19.4. The number of thiocarbonyl (C=S) groups is 1. The van der Waals surface area contributed by atoms with Gasteiger partial charge in [-0.05, 0) is 92.1 Å². The Kier molecular flexibility index (Phi) is 12.7. The number of carbonyl (C=O) groups is 1. The van der Waals surface area contributed by atoms with Gasteiger partial charge in [-0.2, -0.15) is 0 Å². The highest BCUT2D eigenvalue weighted by atomic mass is 32.1. The average Bonchev–Trinajstić information content (AvgIpc) is 3.48. The highest BCUT2D eigenvalue weighted by molar-refractivity contribution is 7.80. The fraction of sp³-hybridized carbons (Fsp3) is 0.619. The normalized spacial score (nSPS) is 40.1. The van der Waals surface area contributed by atoms with Crippen molar-refractivity contribution >= 4 is 29.0 Å². The summed E-state index contributed by atoms with van der Waals surface area (Å²) in [6, 6.07) is 8.17. The minimum absolute atomic E-state index is 0.0300. The third kappa shape index (κ3) is 8.67. The molecule has 1 aliphatic carbocycles. The molecule has 2 bridgehead atoms. The lowest BCUT2D eigenvalue weighted by Crippen LogP contribution is -2.58. The number of aliphatic hydroxyl groups is 2. The van der Waals surface area contributed by atoms with Gasteiger partial charge in [-0.25, -0.2) is 0 Å². The molecule has 11 heteroatoms. The lowest BCUT2D eigenvalue weighted by molar-refractivity contribution is -0.335.